The predicted octanol–water partition coefficient (Wildman–Crippen LogP) is 3.07. The number of halogens is 1. The lowest BCUT2D eigenvalue weighted by atomic mass is 9.71. The largest absolute Gasteiger partial charge is 0.497 e. The summed E-state index contributed by atoms with van der Waals surface area (Å²) in [5.74, 6) is -1.62. The first-order chi connectivity index (χ1) is 16.7. The quantitative estimate of drug-likeness (QED) is 0.348. The number of hydrogen-bond donors (Lipinski definition) is 2. The lowest BCUT2D eigenvalue weighted by Crippen LogP contribution is -2.56. The molecule has 4 rings (SSSR count). The van der Waals surface area contributed by atoms with Crippen molar-refractivity contribution < 1.29 is 29.0 Å². The van der Waals surface area contributed by atoms with Crippen LogP contribution in [0.25, 0.3) is 0 Å². The Hall–Kier alpha value is -1.78. The Bertz CT molecular complexity index is 977. The second-order valence-corrected chi connectivity index (χ2v) is 12.2. The minimum absolute atomic E-state index is 0.0292. The SMILES string of the molecule is CCOC(=O)[C@H]1[C@H]2C(=O)N([C@@H](CO)[C@@H](C)CC)C(C(=O)Nc3ccc(OC)cc3)C23CC(Br)[C@@H]1S3. The molecule has 0 radical (unpaired) electrons. The van der Waals surface area contributed by atoms with Crippen LogP contribution < -0.4 is 10.1 Å². The van der Waals surface area contributed by atoms with Gasteiger partial charge < -0.3 is 24.8 Å². The molecule has 0 aromatic heterocycles. The fraction of sp³-hybridized carbons (Fsp3) is 0.640. The fourth-order valence-electron chi connectivity index (χ4n) is 5.93. The summed E-state index contributed by atoms with van der Waals surface area (Å²) in [6, 6.07) is 5.65. The average molecular weight is 570 g/mol. The van der Waals surface area contributed by atoms with Gasteiger partial charge in [0.2, 0.25) is 11.8 Å². The number of nitrogens with one attached hydrogen (secondary N) is 1. The number of esters is 1. The number of hydrogen-bond acceptors (Lipinski definition) is 7. The Morgan fingerprint density at radius 1 is 1.31 bits per heavy atom. The number of aliphatic hydroxyl groups excluding tert-OH is 1. The third-order valence-corrected chi connectivity index (χ3v) is 11.0. The van der Waals surface area contributed by atoms with Crippen molar-refractivity contribution in [2.75, 3.05) is 25.6 Å². The van der Waals surface area contributed by atoms with Crippen molar-refractivity contribution in [2.45, 2.75) is 60.5 Å². The van der Waals surface area contributed by atoms with Crippen LogP contribution >= 0.6 is 27.7 Å². The third-order valence-electron chi connectivity index (χ3n) is 7.74. The highest BCUT2D eigenvalue weighted by Gasteiger charge is 2.76. The summed E-state index contributed by atoms with van der Waals surface area (Å²) in [6.45, 7) is 5.68. The summed E-state index contributed by atoms with van der Waals surface area (Å²) in [5.41, 5.74) is 0.585. The van der Waals surface area contributed by atoms with Crippen LogP contribution in [0.2, 0.25) is 0 Å². The van der Waals surface area contributed by atoms with Crippen LogP contribution in [0.3, 0.4) is 0 Å². The fourth-order valence-corrected chi connectivity index (χ4v) is 9.52. The van der Waals surface area contributed by atoms with Crippen molar-refractivity contribution in [1.82, 2.24) is 4.90 Å². The van der Waals surface area contributed by atoms with E-state index in [4.69, 9.17) is 9.47 Å². The Kier molecular flexibility index (Phi) is 7.74. The Morgan fingerprint density at radius 3 is 2.57 bits per heavy atom. The highest BCUT2D eigenvalue weighted by molar-refractivity contribution is 9.09. The summed E-state index contributed by atoms with van der Waals surface area (Å²) in [4.78, 5) is 42.6. The molecule has 3 aliphatic rings. The lowest BCUT2D eigenvalue weighted by molar-refractivity contribution is -0.154. The molecule has 10 heteroatoms. The Labute approximate surface area is 218 Å². The monoisotopic (exact) mass is 568 g/mol. The first-order valence-electron chi connectivity index (χ1n) is 12.1. The van der Waals surface area contributed by atoms with Crippen molar-refractivity contribution in [3.63, 3.8) is 0 Å². The van der Waals surface area contributed by atoms with Gasteiger partial charge in [-0.2, -0.15) is 0 Å². The van der Waals surface area contributed by atoms with Crippen molar-refractivity contribution in [2.24, 2.45) is 17.8 Å². The number of nitrogens with zero attached hydrogens (tertiary/aromatic N) is 1. The standard InChI is InChI=1S/C25H33BrN2O6S/c1-5-13(3)17(12-29)28-21(22(30)27-14-7-9-15(33-4)10-8-14)25-11-16(26)20(35-25)18(19(25)23(28)31)24(32)34-6-2/h7-10,13,16-21,29H,5-6,11-12H2,1-4H3,(H,27,30)/t13-,16?,17-,18-,19-,20-,21?,25?/m0/s1. The molecule has 2 N–H and O–H groups in total. The molecule has 1 aromatic rings. The minimum atomic E-state index is -0.831. The number of alkyl halides is 1. The number of methoxy groups -OCH3 is 1. The number of fused-ring (bicyclic) bond motifs is 1. The molecule has 3 aliphatic heterocycles. The molecule has 0 saturated carbocycles. The second-order valence-electron chi connectivity index (χ2n) is 9.51. The molecule has 3 fully saturated rings. The first-order valence-corrected chi connectivity index (χ1v) is 13.9. The highest BCUT2D eigenvalue weighted by Crippen LogP contribution is 2.68. The maximum Gasteiger partial charge on any atom is 0.310 e. The van der Waals surface area contributed by atoms with Gasteiger partial charge in [-0.15, -0.1) is 11.8 Å². The summed E-state index contributed by atoms with van der Waals surface area (Å²) in [6.07, 6.45) is 1.31. The molecule has 8 nitrogen and oxygen atoms in total. The van der Waals surface area contributed by atoms with Crippen molar-refractivity contribution in [1.29, 1.82) is 0 Å². The summed E-state index contributed by atoms with van der Waals surface area (Å²) < 4.78 is 9.80. The smallest absolute Gasteiger partial charge is 0.310 e. The van der Waals surface area contributed by atoms with Crippen LogP contribution in [-0.4, -0.2) is 75.0 Å². The number of rotatable bonds is 9. The highest BCUT2D eigenvalue weighted by atomic mass is 79.9. The van der Waals surface area contributed by atoms with Crippen LogP contribution in [0.5, 0.6) is 5.75 Å². The Morgan fingerprint density at radius 2 is 2.00 bits per heavy atom. The van der Waals surface area contributed by atoms with E-state index < -0.39 is 34.6 Å². The zero-order chi connectivity index (χ0) is 25.5. The molecule has 2 amide bonds. The molecule has 2 bridgehead atoms. The minimum Gasteiger partial charge on any atom is -0.497 e. The van der Waals surface area contributed by atoms with Gasteiger partial charge in [-0.05, 0) is 43.5 Å². The number of benzene rings is 1. The van der Waals surface area contributed by atoms with Gasteiger partial charge in [-0.1, -0.05) is 36.2 Å². The topological polar surface area (TPSA) is 105 Å². The molecule has 192 valence electrons. The average Bonchev–Trinajstić information content (AvgIpc) is 3.43. The van der Waals surface area contributed by atoms with Crippen molar-refractivity contribution in [3.8, 4) is 5.75 Å². The molecular formula is C25H33BrN2O6S. The van der Waals surface area contributed by atoms with Crippen LogP contribution in [-0.2, 0) is 19.1 Å². The van der Waals surface area contributed by atoms with E-state index in [-0.39, 0.29) is 41.0 Å². The number of likely N-dealkylation sites (tertiary alicyclic amines) is 1. The van der Waals surface area contributed by atoms with Crippen LogP contribution in [0, 0.1) is 17.8 Å². The van der Waals surface area contributed by atoms with Crippen molar-refractivity contribution in [3.05, 3.63) is 24.3 Å². The molecule has 35 heavy (non-hydrogen) atoms. The number of carbonyl (C=O) groups is 3. The number of carbonyl (C=O) groups excluding carboxylic acids is 3. The van der Waals surface area contributed by atoms with Crippen molar-refractivity contribution >= 4 is 51.2 Å². The van der Waals surface area contributed by atoms with E-state index in [1.165, 1.54) is 0 Å². The maximum absolute atomic E-state index is 14.1. The number of anilines is 1. The van der Waals surface area contributed by atoms with E-state index in [1.54, 1.807) is 55.0 Å². The van der Waals surface area contributed by atoms with Gasteiger partial charge in [-0.25, -0.2) is 0 Å². The van der Waals surface area contributed by atoms with Gasteiger partial charge in [0.05, 0.1) is 42.9 Å². The zero-order valence-corrected chi connectivity index (χ0v) is 22.8. The molecule has 3 unspecified atom stereocenters. The van der Waals surface area contributed by atoms with Crippen LogP contribution in [0.4, 0.5) is 5.69 Å². The van der Waals surface area contributed by atoms with E-state index in [2.05, 4.69) is 21.2 Å². The molecule has 8 atom stereocenters. The van der Waals surface area contributed by atoms with Gasteiger partial charge in [0.25, 0.3) is 0 Å². The zero-order valence-electron chi connectivity index (χ0n) is 20.4. The number of aliphatic hydroxyl groups is 1. The van der Waals surface area contributed by atoms with Gasteiger partial charge in [0.15, 0.2) is 0 Å². The maximum atomic E-state index is 14.1. The van der Waals surface area contributed by atoms with E-state index in [0.717, 1.165) is 6.42 Å². The normalized spacial score (nSPS) is 32.8. The van der Waals surface area contributed by atoms with Gasteiger partial charge >= 0.3 is 5.97 Å². The summed E-state index contributed by atoms with van der Waals surface area (Å²) in [5, 5.41) is 13.2. The second kappa shape index (κ2) is 10.3. The van der Waals surface area contributed by atoms with E-state index in [0.29, 0.717) is 17.9 Å². The van der Waals surface area contributed by atoms with Gasteiger partial charge in [0.1, 0.15) is 11.8 Å². The molecule has 1 spiro atoms. The summed E-state index contributed by atoms with van der Waals surface area (Å²) in [7, 11) is 1.57. The lowest BCUT2D eigenvalue weighted by Gasteiger charge is -2.39. The molecule has 1 aromatic carbocycles. The number of ether oxygens (including phenoxy) is 2. The predicted molar refractivity (Wildman–Crippen MR) is 138 cm³/mol. The van der Waals surface area contributed by atoms with Crippen LogP contribution in [0.1, 0.15) is 33.6 Å². The summed E-state index contributed by atoms with van der Waals surface area (Å²) >= 11 is 5.28. The van der Waals surface area contributed by atoms with E-state index in [9.17, 15) is 19.5 Å². The van der Waals surface area contributed by atoms with Gasteiger partial charge in [-0.3, -0.25) is 14.4 Å². The van der Waals surface area contributed by atoms with Gasteiger partial charge in [0, 0.05) is 15.8 Å². The van der Waals surface area contributed by atoms with Crippen LogP contribution in [0.15, 0.2) is 24.3 Å². The third kappa shape index (κ3) is 4.25. The van der Waals surface area contributed by atoms with E-state index >= 15 is 0 Å². The molecule has 3 saturated heterocycles. The van der Waals surface area contributed by atoms with E-state index in [1.807, 2.05) is 13.8 Å². The number of thioether (sulfide) groups is 1. The molecule has 3 heterocycles. The first kappa shape index (κ1) is 26.3. The molecule has 0 aliphatic carbocycles. The molecular weight excluding hydrogens is 536 g/mol. The number of amides is 2. The Balaban J connectivity index is 1.76.